The minimum Gasteiger partial charge on any atom is -0.480 e. The summed E-state index contributed by atoms with van der Waals surface area (Å²) in [6.07, 6.45) is 8.43. The third-order valence-electron chi connectivity index (χ3n) is 5.45. The normalized spacial score (nSPS) is 11.8. The third-order valence-corrected chi connectivity index (χ3v) is 5.45. The number of amides is 2. The molecular weight excluding hydrogens is 452 g/mol. The lowest BCUT2D eigenvalue weighted by molar-refractivity contribution is -0.141. The van der Waals surface area contributed by atoms with Crippen LogP contribution in [0.4, 0.5) is 5.95 Å². The van der Waals surface area contributed by atoms with Gasteiger partial charge >= 0.3 is 5.97 Å². The van der Waals surface area contributed by atoms with E-state index in [1.165, 1.54) is 0 Å². The van der Waals surface area contributed by atoms with Crippen molar-refractivity contribution in [3.63, 3.8) is 0 Å². The fourth-order valence-electron chi connectivity index (χ4n) is 3.57. The van der Waals surface area contributed by atoms with Crippen LogP contribution in [0.25, 0.3) is 10.9 Å². The number of aromatic nitrogens is 4. The number of nitrogens with two attached hydrogens (primary N) is 1. The van der Waals surface area contributed by atoms with Crippen molar-refractivity contribution in [2.75, 3.05) is 25.0 Å². The second-order valence-electron chi connectivity index (χ2n) is 8.13. The summed E-state index contributed by atoms with van der Waals surface area (Å²) in [5.74, 6) is -1.28. The Balaban J connectivity index is 1.49. The van der Waals surface area contributed by atoms with Crippen LogP contribution in [0.15, 0.2) is 36.8 Å². The molecule has 0 aliphatic rings. The molecule has 1 aromatic carbocycles. The third kappa shape index (κ3) is 7.81. The van der Waals surface area contributed by atoms with Crippen LogP contribution in [0.5, 0.6) is 0 Å². The Hall–Kier alpha value is -3.93. The molecule has 0 fully saturated rings. The van der Waals surface area contributed by atoms with E-state index in [4.69, 9.17) is 5.73 Å². The maximum absolute atomic E-state index is 12.6. The van der Waals surface area contributed by atoms with Crippen molar-refractivity contribution in [2.24, 2.45) is 5.73 Å². The highest BCUT2D eigenvalue weighted by atomic mass is 16.4. The Morgan fingerprint density at radius 3 is 2.77 bits per heavy atom. The number of H-pyrrole nitrogens is 1. The smallest absolute Gasteiger partial charge is 0.328 e. The lowest BCUT2D eigenvalue weighted by Crippen LogP contribution is -2.48. The molecule has 2 amide bonds. The van der Waals surface area contributed by atoms with Crippen LogP contribution in [0.2, 0.25) is 0 Å². The van der Waals surface area contributed by atoms with Gasteiger partial charge in [-0.2, -0.15) is 5.10 Å². The van der Waals surface area contributed by atoms with Crippen LogP contribution in [0.1, 0.15) is 42.5 Å². The molecule has 0 aliphatic carbocycles. The Morgan fingerprint density at radius 1 is 1.17 bits per heavy atom. The first-order chi connectivity index (χ1) is 17.0. The number of anilines is 1. The zero-order chi connectivity index (χ0) is 25.0. The van der Waals surface area contributed by atoms with Gasteiger partial charge in [0.15, 0.2) is 5.95 Å². The Morgan fingerprint density at radius 2 is 2.03 bits per heavy atom. The number of nitrogens with zero attached hydrogens (tertiary/aromatic N) is 3. The number of carboxylic acid groups (broad SMARTS) is 1. The molecule has 3 rings (SSSR count). The first kappa shape index (κ1) is 25.7. The first-order valence-corrected chi connectivity index (χ1v) is 11.7. The van der Waals surface area contributed by atoms with E-state index in [0.29, 0.717) is 25.1 Å². The van der Waals surface area contributed by atoms with Crippen molar-refractivity contribution in [3.05, 3.63) is 42.4 Å². The molecule has 35 heavy (non-hydrogen) atoms. The summed E-state index contributed by atoms with van der Waals surface area (Å²) in [4.78, 5) is 43.2. The molecule has 7 N–H and O–H groups in total. The molecule has 12 nitrogen and oxygen atoms in total. The topological polar surface area (TPSA) is 180 Å². The van der Waals surface area contributed by atoms with E-state index in [1.807, 2.05) is 10.7 Å². The molecule has 0 bridgehead atoms. The van der Waals surface area contributed by atoms with E-state index in [1.54, 1.807) is 30.7 Å². The molecule has 3 aromatic rings. The number of hydrogen-bond acceptors (Lipinski definition) is 7. The predicted octanol–water partition coefficient (Wildman–Crippen LogP) is 1.08. The molecule has 12 heteroatoms. The summed E-state index contributed by atoms with van der Waals surface area (Å²) in [5.41, 5.74) is 6.70. The van der Waals surface area contributed by atoms with Gasteiger partial charge in [-0.15, -0.1) is 0 Å². The van der Waals surface area contributed by atoms with Gasteiger partial charge < -0.3 is 31.8 Å². The van der Waals surface area contributed by atoms with E-state index >= 15 is 0 Å². The minimum atomic E-state index is -1.21. The van der Waals surface area contributed by atoms with Gasteiger partial charge in [-0.1, -0.05) is 6.42 Å². The van der Waals surface area contributed by atoms with Gasteiger partial charge in [0.2, 0.25) is 5.91 Å². The number of nitrogens with one attached hydrogen (secondary N) is 4. The number of aliphatic carboxylic acids is 1. The summed E-state index contributed by atoms with van der Waals surface area (Å²) in [6.45, 7) is 1.75. The number of imidazole rings is 1. The van der Waals surface area contributed by atoms with E-state index < -0.39 is 17.9 Å². The van der Waals surface area contributed by atoms with Crippen LogP contribution < -0.4 is 21.7 Å². The largest absolute Gasteiger partial charge is 0.480 e. The molecule has 0 spiro atoms. The van der Waals surface area contributed by atoms with Crippen molar-refractivity contribution < 1.29 is 19.5 Å². The number of unbranched alkanes of at least 4 members (excludes halogenated alkanes) is 2. The number of benzene rings is 1. The van der Waals surface area contributed by atoms with Crippen LogP contribution >= 0.6 is 0 Å². The SMILES string of the molecule is NCCCCCC(=O)N[C@@H](CNC(=O)c1ccc2c(cnn2CCCNc2ncc[nH]2)c1)C(=O)O. The van der Waals surface area contributed by atoms with Gasteiger partial charge in [-0.3, -0.25) is 14.3 Å². The van der Waals surface area contributed by atoms with Crippen molar-refractivity contribution in [3.8, 4) is 0 Å². The number of fused-ring (bicyclic) bond motifs is 1. The summed E-state index contributed by atoms with van der Waals surface area (Å²) in [6, 6.07) is 3.99. The van der Waals surface area contributed by atoms with Gasteiger partial charge in [0, 0.05) is 49.4 Å². The molecule has 0 saturated heterocycles. The average Bonchev–Trinajstić information content (AvgIpc) is 3.51. The zero-order valence-electron chi connectivity index (χ0n) is 19.5. The zero-order valence-corrected chi connectivity index (χ0v) is 19.5. The number of rotatable bonds is 15. The molecule has 0 saturated carbocycles. The maximum Gasteiger partial charge on any atom is 0.328 e. The summed E-state index contributed by atoms with van der Waals surface area (Å²) < 4.78 is 1.87. The second-order valence-corrected chi connectivity index (χ2v) is 8.13. The number of carboxylic acids is 1. The van der Waals surface area contributed by atoms with Gasteiger partial charge in [-0.05, 0) is 44.0 Å². The Kier molecular flexibility index (Phi) is 9.60. The van der Waals surface area contributed by atoms with Crippen molar-refractivity contribution in [1.82, 2.24) is 30.4 Å². The van der Waals surface area contributed by atoms with E-state index in [9.17, 15) is 19.5 Å². The van der Waals surface area contributed by atoms with Crippen LogP contribution in [-0.4, -0.2) is 68.3 Å². The van der Waals surface area contributed by atoms with E-state index in [2.05, 4.69) is 31.0 Å². The maximum atomic E-state index is 12.6. The highest BCUT2D eigenvalue weighted by Crippen LogP contribution is 2.16. The molecular formula is C23H32N8O4. The van der Waals surface area contributed by atoms with Crippen LogP contribution in [-0.2, 0) is 16.1 Å². The standard InChI is InChI=1S/C23H32N8O4/c24-8-3-1-2-5-20(32)30-18(22(34)35)15-28-21(33)16-6-7-19-17(13-16)14-29-31(19)12-4-9-25-23-26-10-11-27-23/h6-7,10-11,13-14,18H,1-5,8-9,12,15,24H2,(H,28,33)(H,30,32)(H,34,35)(H2,25,26,27)/t18-/m0/s1. The number of aryl methyl sites for hydroxylation is 1. The van der Waals surface area contributed by atoms with Crippen LogP contribution in [0, 0.1) is 0 Å². The fraction of sp³-hybridized carbons (Fsp3) is 0.435. The number of aromatic amines is 1. The van der Waals surface area contributed by atoms with Crippen LogP contribution in [0.3, 0.4) is 0 Å². The van der Waals surface area contributed by atoms with Gasteiger partial charge in [0.05, 0.1) is 11.7 Å². The summed E-state index contributed by atoms with van der Waals surface area (Å²) >= 11 is 0. The van der Waals surface area contributed by atoms with E-state index in [0.717, 1.165) is 42.7 Å². The molecule has 0 radical (unpaired) electrons. The van der Waals surface area contributed by atoms with E-state index in [-0.39, 0.29) is 18.9 Å². The predicted molar refractivity (Wildman–Crippen MR) is 131 cm³/mol. The lowest BCUT2D eigenvalue weighted by atomic mass is 10.1. The molecule has 2 aromatic heterocycles. The van der Waals surface area contributed by atoms with Crippen molar-refractivity contribution in [1.29, 1.82) is 0 Å². The highest BCUT2D eigenvalue weighted by molar-refractivity contribution is 5.98. The molecule has 2 heterocycles. The Bertz CT molecular complexity index is 1110. The monoisotopic (exact) mass is 484 g/mol. The number of carbonyl (C=O) groups is 3. The summed E-state index contributed by atoms with van der Waals surface area (Å²) in [7, 11) is 0. The lowest BCUT2D eigenvalue weighted by Gasteiger charge is -2.15. The second kappa shape index (κ2) is 13.1. The fourth-order valence-corrected chi connectivity index (χ4v) is 3.57. The molecule has 188 valence electrons. The quantitative estimate of drug-likeness (QED) is 0.173. The number of hydrogen-bond donors (Lipinski definition) is 6. The molecule has 0 aliphatic heterocycles. The van der Waals surface area contributed by atoms with Crippen molar-refractivity contribution >= 4 is 34.6 Å². The molecule has 1 atom stereocenters. The number of carbonyl (C=O) groups excluding carboxylic acids is 2. The summed E-state index contributed by atoms with van der Waals surface area (Å²) in [5, 5.41) is 22.8. The minimum absolute atomic E-state index is 0.220. The highest BCUT2D eigenvalue weighted by Gasteiger charge is 2.21. The average molecular weight is 485 g/mol. The molecule has 0 unspecified atom stereocenters. The van der Waals surface area contributed by atoms with Gasteiger partial charge in [0.1, 0.15) is 6.04 Å². The first-order valence-electron chi connectivity index (χ1n) is 11.7. The van der Waals surface area contributed by atoms with Gasteiger partial charge in [-0.25, -0.2) is 9.78 Å². The Labute approximate surface area is 202 Å². The van der Waals surface area contributed by atoms with Gasteiger partial charge in [0.25, 0.3) is 5.91 Å². The van der Waals surface area contributed by atoms with Crippen molar-refractivity contribution in [2.45, 2.75) is 44.7 Å².